The second kappa shape index (κ2) is 16.1. The fraction of sp³-hybridized carbons (Fsp3) is 0.956. The van der Waals surface area contributed by atoms with E-state index >= 15 is 0 Å². The van der Waals surface area contributed by atoms with Crippen molar-refractivity contribution in [1.82, 2.24) is 0 Å². The Labute approximate surface area is 367 Å². The summed E-state index contributed by atoms with van der Waals surface area (Å²) in [6, 6.07) is 0. The van der Waals surface area contributed by atoms with Gasteiger partial charge in [-0.05, 0) is 75.7 Å². The van der Waals surface area contributed by atoms with Gasteiger partial charge in [0, 0.05) is 36.0 Å². The van der Waals surface area contributed by atoms with E-state index in [0.29, 0.717) is 31.1 Å². The van der Waals surface area contributed by atoms with Gasteiger partial charge >= 0.3 is 0 Å². The van der Waals surface area contributed by atoms with Crippen molar-refractivity contribution in [2.75, 3.05) is 13.2 Å². The minimum atomic E-state index is -1.74. The van der Waals surface area contributed by atoms with Gasteiger partial charge in [0.2, 0.25) is 0 Å². The van der Waals surface area contributed by atoms with E-state index in [4.69, 9.17) is 47.7 Å². The molecule has 11 rings (SSSR count). The van der Waals surface area contributed by atoms with Crippen molar-refractivity contribution in [3.8, 4) is 0 Å². The van der Waals surface area contributed by atoms with Crippen LogP contribution in [0, 0.1) is 40.4 Å². The Morgan fingerprint density at radius 3 is 1.92 bits per heavy atom. The minimum Gasteiger partial charge on any atom is -0.394 e. The topological polar surface area (TPSA) is 254 Å². The highest BCUT2D eigenvalue weighted by Gasteiger charge is 2.78. The standard InChI is InChI=1S/C45H70O18/c1-19-7-12-45(54-18-19)20(2)28-24(61-45)15-27-41(28,5)10-9-26-42(6)11-8-23(16-43(42)13-14-44(26,27)63-62-43)57-40-37(60-39-34(52)32(50)30(48)22(4)56-39)35(53)36(25(17-46)58-40)59-38-33(51)31(49)29(47)21(3)55-38/h13-14,19-40,46-53H,7-12,15-18H2,1-6H3/t19-,20+,21+,22+,23+,24+,25-,26-,27-,28+,29+,30+,31-,32-,33-,34-,35+,36-,37-,38+,39+,40-,41+,42-,43-,44-,45-/m1/s1. The first kappa shape index (κ1) is 45.8. The van der Waals surface area contributed by atoms with Gasteiger partial charge < -0.3 is 78.7 Å². The van der Waals surface area contributed by atoms with E-state index in [1.807, 2.05) is 0 Å². The second-order valence-corrected chi connectivity index (χ2v) is 21.6. The molecule has 0 radical (unpaired) electrons. The number of hydrogen-bond acceptors (Lipinski definition) is 18. The molecule has 63 heavy (non-hydrogen) atoms. The van der Waals surface area contributed by atoms with E-state index in [1.165, 1.54) is 13.8 Å². The molecule has 3 spiro atoms. The van der Waals surface area contributed by atoms with Crippen LogP contribution >= 0.6 is 0 Å². The molecule has 4 aliphatic carbocycles. The van der Waals surface area contributed by atoms with Gasteiger partial charge in [0.1, 0.15) is 72.2 Å². The molecule has 3 saturated carbocycles. The van der Waals surface area contributed by atoms with Crippen LogP contribution in [0.4, 0.5) is 0 Å². The van der Waals surface area contributed by atoms with Crippen LogP contribution in [0.1, 0.15) is 92.9 Å². The number of rotatable bonds is 7. The Morgan fingerprint density at radius 2 is 1.32 bits per heavy atom. The van der Waals surface area contributed by atoms with Gasteiger partial charge in [0.15, 0.2) is 24.7 Å². The zero-order valence-electron chi connectivity index (χ0n) is 37.1. The largest absolute Gasteiger partial charge is 0.394 e. The third-order valence-corrected chi connectivity index (χ3v) is 18.2. The number of aliphatic hydroxyl groups excluding tert-OH is 8. The highest BCUT2D eigenvalue weighted by atomic mass is 17.2. The lowest BCUT2D eigenvalue weighted by Crippen LogP contribution is -2.73. The zero-order chi connectivity index (χ0) is 44.8. The van der Waals surface area contributed by atoms with Crippen LogP contribution in [0.3, 0.4) is 0 Å². The lowest BCUT2D eigenvalue weighted by Gasteiger charge is -2.69. The van der Waals surface area contributed by atoms with E-state index in [1.54, 1.807) is 0 Å². The number of hydrogen-bond donors (Lipinski definition) is 8. The summed E-state index contributed by atoms with van der Waals surface area (Å²) in [4.78, 5) is 13.4. The van der Waals surface area contributed by atoms with Gasteiger partial charge in [-0.15, -0.1) is 0 Å². The molecule has 2 bridgehead atoms. The van der Waals surface area contributed by atoms with E-state index < -0.39 is 122 Å². The second-order valence-electron chi connectivity index (χ2n) is 21.6. The molecule has 11 aliphatic rings. The number of ether oxygens (including phenoxy) is 8. The third-order valence-electron chi connectivity index (χ3n) is 18.2. The predicted octanol–water partition coefficient (Wildman–Crippen LogP) is 0.305. The molecule has 7 heterocycles. The van der Waals surface area contributed by atoms with E-state index in [-0.39, 0.29) is 34.7 Å². The van der Waals surface area contributed by atoms with Crippen molar-refractivity contribution in [1.29, 1.82) is 0 Å². The van der Waals surface area contributed by atoms with Crippen molar-refractivity contribution in [3.63, 3.8) is 0 Å². The van der Waals surface area contributed by atoms with Crippen LogP contribution < -0.4 is 0 Å². The smallest absolute Gasteiger partial charge is 0.187 e. The maximum absolute atomic E-state index is 12.1. The molecule has 27 atom stereocenters. The van der Waals surface area contributed by atoms with Crippen LogP contribution in [-0.2, 0) is 47.7 Å². The quantitative estimate of drug-likeness (QED) is 0.126. The first-order chi connectivity index (χ1) is 29.8. The van der Waals surface area contributed by atoms with E-state index in [2.05, 4.69) is 39.8 Å². The summed E-state index contributed by atoms with van der Waals surface area (Å²) in [5, 5.41) is 86.2. The zero-order valence-corrected chi connectivity index (χ0v) is 37.1. The molecule has 0 unspecified atom stereocenters. The summed E-state index contributed by atoms with van der Waals surface area (Å²) in [6.45, 7) is 12.3. The molecule has 0 aromatic rings. The molecule has 0 amide bonds. The Hall–Kier alpha value is -0.980. The van der Waals surface area contributed by atoms with Gasteiger partial charge in [-0.1, -0.05) is 33.8 Å². The predicted molar refractivity (Wildman–Crippen MR) is 213 cm³/mol. The van der Waals surface area contributed by atoms with Gasteiger partial charge in [-0.3, -0.25) is 0 Å². The van der Waals surface area contributed by atoms with Gasteiger partial charge in [0.25, 0.3) is 0 Å². The van der Waals surface area contributed by atoms with Gasteiger partial charge in [0.05, 0.1) is 37.6 Å². The first-order valence-corrected chi connectivity index (χ1v) is 23.5. The molecule has 0 aromatic carbocycles. The monoisotopic (exact) mass is 898 g/mol. The average molecular weight is 899 g/mol. The Bertz CT molecular complexity index is 1710. The van der Waals surface area contributed by atoms with Crippen LogP contribution in [0.5, 0.6) is 0 Å². The van der Waals surface area contributed by atoms with Crippen LogP contribution in [0.15, 0.2) is 12.2 Å². The van der Waals surface area contributed by atoms with E-state index in [0.717, 1.165) is 38.7 Å². The van der Waals surface area contributed by atoms with Crippen molar-refractivity contribution in [3.05, 3.63) is 12.2 Å². The summed E-state index contributed by atoms with van der Waals surface area (Å²) in [6.07, 6.45) is -11.6. The normalized spacial score (nSPS) is 61.0. The maximum atomic E-state index is 12.1. The molecule has 18 heteroatoms. The number of aliphatic hydroxyl groups is 8. The fourth-order valence-corrected chi connectivity index (χ4v) is 14.4. The average Bonchev–Trinajstić information content (AvgIpc) is 3.72. The van der Waals surface area contributed by atoms with Gasteiger partial charge in [-0.2, -0.15) is 0 Å². The maximum Gasteiger partial charge on any atom is 0.187 e. The molecule has 6 saturated heterocycles. The molecule has 358 valence electrons. The summed E-state index contributed by atoms with van der Waals surface area (Å²) >= 11 is 0. The van der Waals surface area contributed by atoms with Crippen LogP contribution in [0.25, 0.3) is 0 Å². The number of fused-ring (bicyclic) bond motifs is 4. The molecule has 0 aromatic heterocycles. The SMILES string of the molecule is C[C@@H]1CC[C@@]2(OC1)O[C@H]1C[C@@H]3[C@](C)(CC[C@H]4[C@]35C=C[C@]3(C[C@@H](O[C@@H]6O[C@H](CO)[C@@H](O[C@@H]7O[C@@H](C)[C@H](O)[C@@H](O)[C@H]7O)[C@H](O)[C@H]6O[C@@H]6O[C@@H](C)[C@H](O)[C@@H](O)[C@H]6O)CC[C@]43C)OO5)[C@H]1[C@@H]2C. The molecule has 7 aliphatic heterocycles. The molecule has 9 fully saturated rings. The highest BCUT2D eigenvalue weighted by Crippen LogP contribution is 2.75. The Balaban J connectivity index is 0.890. The van der Waals surface area contributed by atoms with Gasteiger partial charge in [-0.25, -0.2) is 9.78 Å². The summed E-state index contributed by atoms with van der Waals surface area (Å²) in [7, 11) is 0. The molecular formula is C45H70O18. The van der Waals surface area contributed by atoms with Crippen LogP contribution in [0.2, 0.25) is 0 Å². The Morgan fingerprint density at radius 1 is 0.651 bits per heavy atom. The summed E-state index contributed by atoms with van der Waals surface area (Å²) in [5.74, 6) is 0.937. The van der Waals surface area contributed by atoms with Crippen molar-refractivity contribution in [2.24, 2.45) is 40.4 Å². The van der Waals surface area contributed by atoms with Crippen LogP contribution in [-0.4, -0.2) is 175 Å². The lowest BCUT2D eigenvalue weighted by molar-refractivity contribution is -0.499. The van der Waals surface area contributed by atoms with Crippen molar-refractivity contribution in [2.45, 2.75) is 214 Å². The fourth-order valence-electron chi connectivity index (χ4n) is 14.4. The molecule has 8 N–H and O–H groups in total. The Kier molecular flexibility index (Phi) is 11.7. The van der Waals surface area contributed by atoms with Crippen molar-refractivity contribution < 1.29 is 88.5 Å². The van der Waals surface area contributed by atoms with Crippen molar-refractivity contribution >= 4 is 0 Å². The molecular weight excluding hydrogens is 828 g/mol. The third kappa shape index (κ3) is 6.71. The summed E-state index contributed by atoms with van der Waals surface area (Å²) in [5.41, 5.74) is -1.87. The minimum absolute atomic E-state index is 0.0424. The first-order valence-electron chi connectivity index (χ1n) is 23.5. The van der Waals surface area contributed by atoms with E-state index in [9.17, 15) is 40.9 Å². The lowest BCUT2D eigenvalue weighted by atomic mass is 9.42. The molecule has 18 nitrogen and oxygen atoms in total. The summed E-state index contributed by atoms with van der Waals surface area (Å²) < 4.78 is 50.2. The highest BCUT2D eigenvalue weighted by molar-refractivity contribution is 5.34.